The maximum atomic E-state index is 11.9. The Morgan fingerprint density at radius 1 is 1.47 bits per heavy atom. The van der Waals surface area contributed by atoms with Crippen molar-refractivity contribution in [1.82, 2.24) is 4.90 Å². The van der Waals surface area contributed by atoms with Gasteiger partial charge in [0.25, 0.3) is 0 Å². The van der Waals surface area contributed by atoms with Gasteiger partial charge in [-0.2, -0.15) is 0 Å². The van der Waals surface area contributed by atoms with Crippen molar-refractivity contribution in [3.8, 4) is 0 Å². The Labute approximate surface area is 103 Å². The number of piperidine rings is 1. The van der Waals surface area contributed by atoms with Gasteiger partial charge in [-0.3, -0.25) is 0 Å². The van der Waals surface area contributed by atoms with Gasteiger partial charge in [-0.05, 0) is 33.1 Å². The van der Waals surface area contributed by atoms with Gasteiger partial charge < -0.3 is 14.7 Å². The average molecular weight is 241 g/mol. The molecule has 4 nitrogen and oxygen atoms in total. The first-order valence-corrected chi connectivity index (χ1v) is 6.25. The summed E-state index contributed by atoms with van der Waals surface area (Å²) >= 11 is 0. The second kappa shape index (κ2) is 6.05. The highest BCUT2D eigenvalue weighted by Gasteiger charge is 2.26. The predicted molar refractivity (Wildman–Crippen MR) is 66.8 cm³/mol. The number of carbonyl (C=O) groups is 1. The number of amides is 1. The third-order valence-corrected chi connectivity index (χ3v) is 3.26. The molecule has 1 aliphatic heterocycles. The van der Waals surface area contributed by atoms with E-state index in [0.29, 0.717) is 13.1 Å². The van der Waals surface area contributed by atoms with E-state index in [4.69, 9.17) is 9.84 Å². The molecule has 0 unspecified atom stereocenters. The Bertz CT molecular complexity index is 287. The van der Waals surface area contributed by atoms with Crippen LogP contribution in [-0.2, 0) is 4.74 Å². The molecule has 1 fully saturated rings. The number of hydrogen-bond donors (Lipinski definition) is 1. The predicted octanol–water partition coefficient (Wildman–Crippen LogP) is 2.33. The Balaban J connectivity index is 2.44. The number of aliphatic hydroxyl groups is 1. The quantitative estimate of drug-likeness (QED) is 0.771. The van der Waals surface area contributed by atoms with Gasteiger partial charge in [0.05, 0.1) is 6.61 Å². The maximum absolute atomic E-state index is 11.9. The van der Waals surface area contributed by atoms with E-state index in [2.05, 4.69) is 0 Å². The second-order valence-electron chi connectivity index (χ2n) is 5.01. The topological polar surface area (TPSA) is 49.8 Å². The van der Waals surface area contributed by atoms with Crippen LogP contribution < -0.4 is 0 Å². The summed E-state index contributed by atoms with van der Waals surface area (Å²) in [5.41, 5.74) is 0.837. The minimum Gasteiger partial charge on any atom is -0.443 e. The number of nitrogens with zero attached hydrogens (tertiary/aromatic N) is 1. The van der Waals surface area contributed by atoms with Crippen molar-refractivity contribution in [2.75, 3.05) is 19.7 Å². The van der Waals surface area contributed by atoms with Gasteiger partial charge in [-0.1, -0.05) is 18.6 Å². The normalized spacial score (nSPS) is 16.9. The lowest BCUT2D eigenvalue weighted by atomic mass is 10.0. The molecular formula is C13H23NO3. The molecule has 0 atom stereocenters. The van der Waals surface area contributed by atoms with Gasteiger partial charge in [0.2, 0.25) is 0 Å². The summed E-state index contributed by atoms with van der Waals surface area (Å²) < 4.78 is 5.44. The van der Waals surface area contributed by atoms with Gasteiger partial charge in [0.15, 0.2) is 0 Å². The highest BCUT2D eigenvalue weighted by atomic mass is 16.6. The van der Waals surface area contributed by atoms with E-state index in [1.807, 2.05) is 26.8 Å². The Kier molecular flexibility index (Phi) is 5.00. The van der Waals surface area contributed by atoms with E-state index in [1.54, 1.807) is 4.90 Å². The molecule has 0 aromatic heterocycles. The molecule has 1 amide bonds. The fourth-order valence-corrected chi connectivity index (χ4v) is 1.68. The molecule has 1 aliphatic rings. The van der Waals surface area contributed by atoms with E-state index in [1.165, 1.54) is 5.57 Å². The van der Waals surface area contributed by atoms with Crippen LogP contribution in [0.15, 0.2) is 11.6 Å². The standard InChI is InChI=1S/C13H23NO3/c1-4-13(2,3)17-12(16)14-8-5-11(6-9-14)7-10-15/h7,15H,4-6,8-10H2,1-3H3. The second-order valence-corrected chi connectivity index (χ2v) is 5.01. The SMILES string of the molecule is CCC(C)(C)OC(=O)N1CCC(=CCO)CC1. The summed E-state index contributed by atoms with van der Waals surface area (Å²) in [5.74, 6) is 0. The zero-order valence-electron chi connectivity index (χ0n) is 11.0. The molecule has 4 heteroatoms. The van der Waals surface area contributed by atoms with Crippen LogP contribution in [0.4, 0.5) is 4.79 Å². The number of ether oxygens (including phenoxy) is 1. The van der Waals surface area contributed by atoms with Crippen molar-refractivity contribution in [1.29, 1.82) is 0 Å². The molecule has 1 N–H and O–H groups in total. The zero-order valence-corrected chi connectivity index (χ0v) is 11.0. The first-order valence-electron chi connectivity index (χ1n) is 6.25. The fraction of sp³-hybridized carbons (Fsp3) is 0.769. The summed E-state index contributed by atoms with van der Waals surface area (Å²) in [6, 6.07) is 0. The van der Waals surface area contributed by atoms with Gasteiger partial charge >= 0.3 is 6.09 Å². The van der Waals surface area contributed by atoms with Crippen LogP contribution in [0.5, 0.6) is 0 Å². The first-order chi connectivity index (χ1) is 7.98. The van der Waals surface area contributed by atoms with E-state index >= 15 is 0 Å². The van der Waals surface area contributed by atoms with Gasteiger partial charge in [0, 0.05) is 13.1 Å². The van der Waals surface area contributed by atoms with E-state index in [-0.39, 0.29) is 12.7 Å². The number of likely N-dealkylation sites (tertiary alicyclic amines) is 1. The molecule has 1 saturated heterocycles. The highest BCUT2D eigenvalue weighted by molar-refractivity contribution is 5.68. The van der Waals surface area contributed by atoms with Crippen LogP contribution in [0.3, 0.4) is 0 Å². The average Bonchev–Trinajstić information content (AvgIpc) is 2.30. The smallest absolute Gasteiger partial charge is 0.410 e. The van der Waals surface area contributed by atoms with Crippen molar-refractivity contribution in [3.05, 3.63) is 11.6 Å². The molecule has 0 bridgehead atoms. The highest BCUT2D eigenvalue weighted by Crippen LogP contribution is 2.20. The molecule has 1 heterocycles. The number of aliphatic hydroxyl groups excluding tert-OH is 1. The van der Waals surface area contributed by atoms with E-state index < -0.39 is 5.60 Å². The molecule has 98 valence electrons. The third kappa shape index (κ3) is 4.38. The maximum Gasteiger partial charge on any atom is 0.410 e. The number of carbonyl (C=O) groups excluding carboxylic acids is 1. The lowest BCUT2D eigenvalue weighted by Gasteiger charge is -2.32. The molecule has 0 spiro atoms. The molecule has 0 aliphatic carbocycles. The minimum atomic E-state index is -0.391. The van der Waals surface area contributed by atoms with Crippen molar-refractivity contribution in [2.45, 2.75) is 45.6 Å². The Morgan fingerprint density at radius 2 is 2.06 bits per heavy atom. The van der Waals surface area contributed by atoms with Crippen LogP contribution in [0.1, 0.15) is 40.0 Å². The molecule has 0 aromatic carbocycles. The van der Waals surface area contributed by atoms with E-state index in [0.717, 1.165) is 19.3 Å². The lowest BCUT2D eigenvalue weighted by Crippen LogP contribution is -2.41. The minimum absolute atomic E-state index is 0.0860. The number of rotatable bonds is 3. The van der Waals surface area contributed by atoms with Crippen molar-refractivity contribution >= 4 is 6.09 Å². The molecule has 1 rings (SSSR count). The first kappa shape index (κ1) is 14.0. The molecule has 17 heavy (non-hydrogen) atoms. The summed E-state index contributed by atoms with van der Waals surface area (Å²) in [6.07, 6.45) is 4.09. The largest absolute Gasteiger partial charge is 0.443 e. The van der Waals surface area contributed by atoms with Crippen LogP contribution in [0, 0.1) is 0 Å². The van der Waals surface area contributed by atoms with Crippen molar-refractivity contribution < 1.29 is 14.6 Å². The zero-order chi connectivity index (χ0) is 12.9. The van der Waals surface area contributed by atoms with Crippen LogP contribution >= 0.6 is 0 Å². The van der Waals surface area contributed by atoms with Crippen molar-refractivity contribution in [3.63, 3.8) is 0 Å². The Morgan fingerprint density at radius 3 is 2.53 bits per heavy atom. The summed E-state index contributed by atoms with van der Waals surface area (Å²) in [6.45, 7) is 7.31. The third-order valence-electron chi connectivity index (χ3n) is 3.26. The number of hydrogen-bond acceptors (Lipinski definition) is 3. The Hall–Kier alpha value is -1.03. The van der Waals surface area contributed by atoms with Gasteiger partial charge in [-0.15, -0.1) is 0 Å². The molecular weight excluding hydrogens is 218 g/mol. The lowest BCUT2D eigenvalue weighted by molar-refractivity contribution is 0.0102. The summed E-state index contributed by atoms with van der Waals surface area (Å²) in [4.78, 5) is 13.6. The monoisotopic (exact) mass is 241 g/mol. The summed E-state index contributed by atoms with van der Waals surface area (Å²) in [7, 11) is 0. The fourth-order valence-electron chi connectivity index (χ4n) is 1.68. The summed E-state index contributed by atoms with van der Waals surface area (Å²) in [5, 5.41) is 8.80. The van der Waals surface area contributed by atoms with Crippen LogP contribution in [0.25, 0.3) is 0 Å². The molecule has 0 radical (unpaired) electrons. The van der Waals surface area contributed by atoms with E-state index in [9.17, 15) is 4.79 Å². The van der Waals surface area contributed by atoms with Crippen LogP contribution in [0.2, 0.25) is 0 Å². The molecule has 0 saturated carbocycles. The van der Waals surface area contributed by atoms with Crippen LogP contribution in [-0.4, -0.2) is 41.4 Å². The van der Waals surface area contributed by atoms with Gasteiger partial charge in [-0.25, -0.2) is 4.79 Å². The van der Waals surface area contributed by atoms with Crippen molar-refractivity contribution in [2.24, 2.45) is 0 Å². The van der Waals surface area contributed by atoms with Gasteiger partial charge in [0.1, 0.15) is 5.60 Å². The molecule has 0 aromatic rings.